The maximum atomic E-state index is 13.2. The molecule has 10 heteroatoms. The molecule has 1 saturated heterocycles. The number of carboxylic acid groups (broad SMARTS) is 1. The zero-order valence-corrected chi connectivity index (χ0v) is 22.3. The number of aliphatic carboxylic acids is 1. The fourth-order valence-corrected chi connectivity index (χ4v) is 4.31. The SMILES string of the molecule is CC(C)(C)OC(=O)N(c1ccc(C=CC(=O)O)cn1)[C@@H]1CCN(Cc2ccc3c(c2)CCO3)C1.Cl.Cl. The third-order valence-corrected chi connectivity index (χ3v) is 5.80. The number of carbonyl (C=O) groups excluding carboxylic acids is 1. The summed E-state index contributed by atoms with van der Waals surface area (Å²) in [6, 6.07) is 9.76. The van der Waals surface area contributed by atoms with Crippen LogP contribution in [0.4, 0.5) is 10.6 Å². The number of halogens is 2. The van der Waals surface area contributed by atoms with Crippen LogP contribution in [0.3, 0.4) is 0 Å². The number of hydrogen-bond donors (Lipinski definition) is 1. The lowest BCUT2D eigenvalue weighted by atomic mass is 10.1. The number of benzene rings is 1. The Balaban J connectivity index is 0.00000228. The summed E-state index contributed by atoms with van der Waals surface area (Å²) in [6.07, 6.45) is 5.40. The highest BCUT2D eigenvalue weighted by Gasteiger charge is 2.35. The summed E-state index contributed by atoms with van der Waals surface area (Å²) in [5, 5.41) is 8.83. The van der Waals surface area contributed by atoms with E-state index in [4.69, 9.17) is 14.6 Å². The first kappa shape index (κ1) is 29.4. The van der Waals surface area contributed by atoms with Crippen molar-refractivity contribution >= 4 is 48.8 Å². The van der Waals surface area contributed by atoms with Gasteiger partial charge in [-0.2, -0.15) is 0 Å². The molecule has 1 N–H and O–H groups in total. The summed E-state index contributed by atoms with van der Waals surface area (Å²) in [5.74, 6) is 0.441. The van der Waals surface area contributed by atoms with Crippen LogP contribution in [0, 0.1) is 0 Å². The Kier molecular flexibility index (Phi) is 10.2. The minimum absolute atomic E-state index is 0. The van der Waals surface area contributed by atoms with Crippen LogP contribution in [0.15, 0.2) is 42.6 Å². The maximum Gasteiger partial charge on any atom is 0.416 e. The molecule has 0 bridgehead atoms. The molecule has 8 nitrogen and oxygen atoms in total. The van der Waals surface area contributed by atoms with Crippen molar-refractivity contribution < 1.29 is 24.2 Å². The van der Waals surface area contributed by atoms with Crippen molar-refractivity contribution in [2.75, 3.05) is 24.6 Å². The van der Waals surface area contributed by atoms with Gasteiger partial charge in [0.25, 0.3) is 0 Å². The van der Waals surface area contributed by atoms with Gasteiger partial charge in [-0.15, -0.1) is 24.8 Å². The summed E-state index contributed by atoms with van der Waals surface area (Å²) in [6.45, 7) is 8.64. The molecule has 2 aromatic rings. The summed E-state index contributed by atoms with van der Waals surface area (Å²) >= 11 is 0. The molecular formula is C26H33Cl2N3O5. The smallest absolute Gasteiger partial charge is 0.416 e. The fraction of sp³-hybridized carbons (Fsp3) is 0.423. The second-order valence-electron chi connectivity index (χ2n) is 9.69. The van der Waals surface area contributed by atoms with Crippen LogP contribution in [-0.2, 0) is 22.5 Å². The van der Waals surface area contributed by atoms with Crippen molar-refractivity contribution in [1.82, 2.24) is 9.88 Å². The average molecular weight is 538 g/mol. The number of carbonyl (C=O) groups is 2. The predicted molar refractivity (Wildman–Crippen MR) is 143 cm³/mol. The topological polar surface area (TPSA) is 92.2 Å². The zero-order valence-electron chi connectivity index (χ0n) is 20.7. The third kappa shape index (κ3) is 7.59. The lowest BCUT2D eigenvalue weighted by Crippen LogP contribution is -2.45. The van der Waals surface area contributed by atoms with Crippen molar-refractivity contribution in [3.8, 4) is 5.75 Å². The van der Waals surface area contributed by atoms with E-state index < -0.39 is 17.7 Å². The van der Waals surface area contributed by atoms with Crippen LogP contribution in [0.25, 0.3) is 6.08 Å². The number of nitrogens with zero attached hydrogens (tertiary/aromatic N) is 3. The average Bonchev–Trinajstić information content (AvgIpc) is 3.41. The monoisotopic (exact) mass is 537 g/mol. The van der Waals surface area contributed by atoms with E-state index in [1.807, 2.05) is 26.8 Å². The molecule has 36 heavy (non-hydrogen) atoms. The van der Waals surface area contributed by atoms with Crippen LogP contribution in [0.2, 0.25) is 0 Å². The number of likely N-dealkylation sites (tertiary alicyclic amines) is 1. The number of hydrogen-bond acceptors (Lipinski definition) is 6. The Morgan fingerprint density at radius 3 is 2.69 bits per heavy atom. The van der Waals surface area contributed by atoms with Gasteiger partial charge in [0.15, 0.2) is 0 Å². The quantitative estimate of drug-likeness (QED) is 0.519. The number of pyridine rings is 1. The van der Waals surface area contributed by atoms with E-state index in [0.717, 1.165) is 44.4 Å². The number of aromatic nitrogens is 1. The Bertz CT molecular complexity index is 1090. The molecule has 0 spiro atoms. The first-order valence-corrected chi connectivity index (χ1v) is 11.5. The van der Waals surface area contributed by atoms with E-state index in [-0.39, 0.29) is 30.9 Å². The fourth-order valence-electron chi connectivity index (χ4n) is 4.31. The Morgan fingerprint density at radius 2 is 2.03 bits per heavy atom. The highest BCUT2D eigenvalue weighted by atomic mass is 35.5. The molecule has 0 aliphatic carbocycles. The summed E-state index contributed by atoms with van der Waals surface area (Å²) in [7, 11) is 0. The third-order valence-electron chi connectivity index (χ3n) is 5.80. The molecule has 2 aliphatic heterocycles. The second-order valence-corrected chi connectivity index (χ2v) is 9.69. The first-order chi connectivity index (χ1) is 16.2. The summed E-state index contributed by atoms with van der Waals surface area (Å²) in [4.78, 5) is 32.4. The van der Waals surface area contributed by atoms with E-state index in [9.17, 15) is 9.59 Å². The summed E-state index contributed by atoms with van der Waals surface area (Å²) in [5.41, 5.74) is 2.50. The molecule has 3 heterocycles. The highest BCUT2D eigenvalue weighted by Crippen LogP contribution is 2.29. The van der Waals surface area contributed by atoms with Crippen LogP contribution < -0.4 is 9.64 Å². The largest absolute Gasteiger partial charge is 0.493 e. The van der Waals surface area contributed by atoms with Gasteiger partial charge in [-0.3, -0.25) is 9.80 Å². The minimum Gasteiger partial charge on any atom is -0.493 e. The molecule has 0 unspecified atom stereocenters. The van der Waals surface area contributed by atoms with Crippen molar-refractivity contribution in [2.24, 2.45) is 0 Å². The molecule has 0 radical (unpaired) electrons. The van der Waals surface area contributed by atoms with Gasteiger partial charge < -0.3 is 14.6 Å². The van der Waals surface area contributed by atoms with Gasteiger partial charge >= 0.3 is 12.1 Å². The number of carboxylic acids is 1. The van der Waals surface area contributed by atoms with Crippen molar-refractivity contribution in [1.29, 1.82) is 0 Å². The molecule has 1 aromatic carbocycles. The molecular weight excluding hydrogens is 505 g/mol. The van der Waals surface area contributed by atoms with Crippen molar-refractivity contribution in [3.05, 3.63) is 59.3 Å². The van der Waals surface area contributed by atoms with Gasteiger partial charge in [0.2, 0.25) is 0 Å². The van der Waals surface area contributed by atoms with Gasteiger partial charge in [-0.05, 0) is 68.2 Å². The number of fused-ring (bicyclic) bond motifs is 1. The van der Waals surface area contributed by atoms with Gasteiger partial charge in [-0.25, -0.2) is 14.6 Å². The van der Waals surface area contributed by atoms with Gasteiger partial charge in [0, 0.05) is 38.3 Å². The minimum atomic E-state index is -1.03. The Morgan fingerprint density at radius 1 is 1.25 bits per heavy atom. The van der Waals surface area contributed by atoms with Gasteiger partial charge in [-0.1, -0.05) is 12.1 Å². The van der Waals surface area contributed by atoms with Crippen LogP contribution in [0.1, 0.15) is 43.9 Å². The molecule has 4 rings (SSSR count). The standard InChI is InChI=1S/C26H31N3O5.2ClH/c1-26(2,3)34-25(32)29(23-8-5-18(15-27-23)6-9-24(30)31)21-10-12-28(17-21)16-19-4-7-22-20(14-19)11-13-33-22;;/h4-9,14-15,21H,10-13,16-17H2,1-3H3,(H,30,31);2*1H/t21-;;/m1../s1. The van der Waals surface area contributed by atoms with E-state index >= 15 is 0 Å². The van der Waals surface area contributed by atoms with Crippen molar-refractivity contribution in [3.63, 3.8) is 0 Å². The first-order valence-electron chi connectivity index (χ1n) is 11.5. The lowest BCUT2D eigenvalue weighted by Gasteiger charge is -2.31. The van der Waals surface area contributed by atoms with E-state index in [1.54, 1.807) is 23.2 Å². The number of ether oxygens (including phenoxy) is 2. The molecule has 196 valence electrons. The molecule has 2 aliphatic rings. The zero-order chi connectivity index (χ0) is 24.3. The molecule has 1 amide bonds. The molecule has 1 fully saturated rings. The molecule has 1 aromatic heterocycles. The number of amides is 1. The van der Waals surface area contributed by atoms with Crippen LogP contribution in [0.5, 0.6) is 5.75 Å². The van der Waals surface area contributed by atoms with Gasteiger partial charge in [0.1, 0.15) is 17.2 Å². The van der Waals surface area contributed by atoms with E-state index in [2.05, 4.69) is 22.0 Å². The van der Waals surface area contributed by atoms with Crippen LogP contribution in [-0.4, -0.2) is 58.4 Å². The van der Waals surface area contributed by atoms with Gasteiger partial charge in [0.05, 0.1) is 12.6 Å². The number of rotatable bonds is 6. The number of anilines is 1. The van der Waals surface area contributed by atoms with E-state index in [1.165, 1.54) is 17.2 Å². The summed E-state index contributed by atoms with van der Waals surface area (Å²) < 4.78 is 11.3. The molecule has 0 saturated carbocycles. The maximum absolute atomic E-state index is 13.2. The lowest BCUT2D eigenvalue weighted by molar-refractivity contribution is -0.131. The predicted octanol–water partition coefficient (Wildman–Crippen LogP) is 4.97. The normalized spacial score (nSPS) is 17.0. The Hall–Kier alpha value is -2.81. The highest BCUT2D eigenvalue weighted by molar-refractivity contribution is 5.88. The van der Waals surface area contributed by atoms with Crippen LogP contribution >= 0.6 is 24.8 Å². The van der Waals surface area contributed by atoms with E-state index in [0.29, 0.717) is 17.9 Å². The van der Waals surface area contributed by atoms with Crippen molar-refractivity contribution in [2.45, 2.75) is 51.8 Å². The Labute approximate surface area is 224 Å². The molecule has 1 atom stereocenters. The second kappa shape index (κ2) is 12.4.